The molecular formula is C29H34FN9O9. The first-order valence-corrected chi connectivity index (χ1v) is 15.2. The molecule has 3 aliphatic rings. The number of anilines is 2. The Labute approximate surface area is 271 Å². The van der Waals surface area contributed by atoms with Gasteiger partial charge in [-0.15, -0.1) is 5.10 Å². The van der Waals surface area contributed by atoms with Gasteiger partial charge in [-0.1, -0.05) is 5.21 Å². The third kappa shape index (κ3) is 6.51. The molecule has 3 saturated heterocycles. The number of benzene rings is 1. The molecule has 0 bridgehead atoms. The average molecular weight is 672 g/mol. The molecular weight excluding hydrogens is 637 g/mol. The van der Waals surface area contributed by atoms with Crippen LogP contribution >= 0.6 is 0 Å². The van der Waals surface area contributed by atoms with Gasteiger partial charge in [-0.2, -0.15) is 0 Å². The number of aliphatic hydroxyl groups excluding tert-OH is 2. The van der Waals surface area contributed by atoms with Crippen molar-refractivity contribution in [2.45, 2.75) is 51.0 Å². The number of aromatic nitrogens is 5. The molecule has 256 valence electrons. The predicted octanol–water partition coefficient (Wildman–Crippen LogP) is -1.68. The molecule has 3 aliphatic heterocycles. The molecule has 5 heterocycles. The SMILES string of the molecule is CC(=O)NC[C@H]1CN(c2ccc(N3CCN(C(=O)c4cn(C[C@H]5O[C@@H](n6cc(C)c(=O)[nH]c6=O)[C@H](O)[C@@H]5O)nn4)CC3)c(F)c2)C(=O)O1. The van der Waals surface area contributed by atoms with Crippen LogP contribution in [0.1, 0.15) is 29.2 Å². The minimum Gasteiger partial charge on any atom is -0.442 e. The van der Waals surface area contributed by atoms with Gasteiger partial charge in [0.05, 0.1) is 37.2 Å². The Hall–Kier alpha value is -5.14. The van der Waals surface area contributed by atoms with Gasteiger partial charge in [-0.3, -0.25) is 28.8 Å². The topological polar surface area (TPSA) is 217 Å². The summed E-state index contributed by atoms with van der Waals surface area (Å²) in [6.07, 6.45) is -3.74. The standard InChI is InChI=1S/C29H34FN9O9/c1-15-11-39(28(45)32-25(15)43)27-24(42)23(41)22(48-27)14-37-13-20(33-34-37)26(44)36-7-5-35(6-8-36)21-4-3-17(9-19(21)30)38-12-18(47-29(38)46)10-31-16(2)40/h3-4,9,11,13,18,22-24,27,41-42H,5-8,10,12,14H2,1-2H3,(H,31,40)(H,32,43,45)/t18-,22+,23+,24+,27+/m0/s1. The Bertz CT molecular complexity index is 1840. The van der Waals surface area contributed by atoms with Gasteiger partial charge in [-0.05, 0) is 25.1 Å². The highest BCUT2D eigenvalue weighted by molar-refractivity contribution is 5.92. The van der Waals surface area contributed by atoms with Crippen molar-refractivity contribution in [2.24, 2.45) is 0 Å². The van der Waals surface area contributed by atoms with Gasteiger partial charge in [0.15, 0.2) is 11.9 Å². The summed E-state index contributed by atoms with van der Waals surface area (Å²) in [6, 6.07) is 4.43. The van der Waals surface area contributed by atoms with Gasteiger partial charge in [0.25, 0.3) is 11.5 Å². The monoisotopic (exact) mass is 671 g/mol. The van der Waals surface area contributed by atoms with Crippen LogP contribution in [0.25, 0.3) is 0 Å². The number of halogens is 1. The molecule has 3 fully saturated rings. The van der Waals surface area contributed by atoms with E-state index >= 15 is 4.39 Å². The highest BCUT2D eigenvalue weighted by Gasteiger charge is 2.44. The number of aryl methyl sites for hydroxylation is 1. The number of H-pyrrole nitrogens is 1. The number of cyclic esters (lactones) is 1. The van der Waals surface area contributed by atoms with E-state index in [4.69, 9.17) is 9.47 Å². The molecule has 0 radical (unpaired) electrons. The number of hydrogen-bond acceptors (Lipinski definition) is 12. The number of nitrogens with zero attached hydrogens (tertiary/aromatic N) is 7. The largest absolute Gasteiger partial charge is 0.442 e. The van der Waals surface area contributed by atoms with E-state index in [9.17, 15) is 34.2 Å². The van der Waals surface area contributed by atoms with E-state index in [2.05, 4.69) is 20.6 Å². The Morgan fingerprint density at radius 3 is 2.56 bits per heavy atom. The molecule has 18 nitrogen and oxygen atoms in total. The summed E-state index contributed by atoms with van der Waals surface area (Å²) >= 11 is 0. The lowest BCUT2D eigenvalue weighted by molar-refractivity contribution is -0.119. The summed E-state index contributed by atoms with van der Waals surface area (Å²) in [5.74, 6) is -1.20. The van der Waals surface area contributed by atoms with E-state index in [1.807, 2.05) is 0 Å². The van der Waals surface area contributed by atoms with Crippen molar-refractivity contribution < 1.29 is 38.5 Å². The molecule has 0 aliphatic carbocycles. The Balaban J connectivity index is 1.03. The number of carbonyl (C=O) groups is 3. The van der Waals surface area contributed by atoms with E-state index in [0.717, 1.165) is 4.57 Å². The summed E-state index contributed by atoms with van der Waals surface area (Å²) < 4.78 is 28.5. The van der Waals surface area contributed by atoms with Crippen molar-refractivity contribution in [3.05, 3.63) is 68.5 Å². The van der Waals surface area contributed by atoms with Crippen molar-refractivity contribution >= 4 is 29.3 Å². The number of amides is 3. The number of rotatable bonds is 8. The third-order valence-corrected chi connectivity index (χ3v) is 8.49. The minimum absolute atomic E-state index is 0.0327. The zero-order chi connectivity index (χ0) is 34.3. The molecule has 19 heteroatoms. The van der Waals surface area contributed by atoms with Crippen LogP contribution in [-0.2, 0) is 20.8 Å². The number of piperazine rings is 1. The second kappa shape index (κ2) is 13.2. The van der Waals surface area contributed by atoms with Gasteiger partial charge in [0.2, 0.25) is 5.91 Å². The Morgan fingerprint density at radius 1 is 1.10 bits per heavy atom. The smallest absolute Gasteiger partial charge is 0.414 e. The molecule has 3 amide bonds. The maximum Gasteiger partial charge on any atom is 0.414 e. The van der Waals surface area contributed by atoms with E-state index in [0.29, 0.717) is 24.5 Å². The van der Waals surface area contributed by atoms with E-state index in [-0.39, 0.29) is 49.9 Å². The quantitative estimate of drug-likeness (QED) is 0.211. The molecule has 5 atom stereocenters. The van der Waals surface area contributed by atoms with Gasteiger partial charge >= 0.3 is 11.8 Å². The van der Waals surface area contributed by atoms with Crippen LogP contribution < -0.4 is 26.4 Å². The van der Waals surface area contributed by atoms with E-state index < -0.39 is 59.7 Å². The molecule has 1 aromatic carbocycles. The van der Waals surface area contributed by atoms with Crippen LogP contribution in [-0.4, -0.2) is 121 Å². The summed E-state index contributed by atoms with van der Waals surface area (Å²) in [5, 5.41) is 31.6. The van der Waals surface area contributed by atoms with Gasteiger partial charge in [0, 0.05) is 44.9 Å². The molecule has 4 N–H and O–H groups in total. The van der Waals surface area contributed by atoms with Gasteiger partial charge < -0.3 is 34.8 Å². The highest BCUT2D eigenvalue weighted by atomic mass is 19.1. The van der Waals surface area contributed by atoms with Crippen LogP contribution in [0.5, 0.6) is 0 Å². The van der Waals surface area contributed by atoms with Gasteiger partial charge in [-0.25, -0.2) is 18.7 Å². The van der Waals surface area contributed by atoms with E-state index in [1.54, 1.807) is 21.9 Å². The zero-order valence-corrected chi connectivity index (χ0v) is 26.0. The van der Waals surface area contributed by atoms with Crippen LogP contribution in [0.2, 0.25) is 0 Å². The second-order valence-corrected chi connectivity index (χ2v) is 11.8. The molecule has 0 unspecified atom stereocenters. The zero-order valence-electron chi connectivity index (χ0n) is 26.0. The number of aliphatic hydroxyl groups is 2. The van der Waals surface area contributed by atoms with Crippen LogP contribution in [0, 0.1) is 12.7 Å². The molecule has 48 heavy (non-hydrogen) atoms. The van der Waals surface area contributed by atoms with E-state index in [1.165, 1.54) is 41.9 Å². The summed E-state index contributed by atoms with van der Waals surface area (Å²) in [4.78, 5) is 67.4. The first-order valence-electron chi connectivity index (χ1n) is 15.2. The maximum absolute atomic E-state index is 15.2. The lowest BCUT2D eigenvalue weighted by Crippen LogP contribution is -2.49. The Morgan fingerprint density at radius 2 is 1.85 bits per heavy atom. The van der Waals surface area contributed by atoms with Crippen molar-refractivity contribution in [3.8, 4) is 0 Å². The summed E-state index contributed by atoms with van der Waals surface area (Å²) in [7, 11) is 0. The van der Waals surface area contributed by atoms with Crippen molar-refractivity contribution in [1.82, 2.24) is 34.8 Å². The fourth-order valence-corrected chi connectivity index (χ4v) is 5.88. The molecule has 0 saturated carbocycles. The van der Waals surface area contributed by atoms with Gasteiger partial charge in [0.1, 0.15) is 30.2 Å². The maximum atomic E-state index is 15.2. The molecule has 2 aromatic heterocycles. The minimum atomic E-state index is -1.48. The lowest BCUT2D eigenvalue weighted by Gasteiger charge is -2.36. The highest BCUT2D eigenvalue weighted by Crippen LogP contribution is 2.30. The second-order valence-electron chi connectivity index (χ2n) is 11.8. The first-order chi connectivity index (χ1) is 22.9. The van der Waals surface area contributed by atoms with Crippen molar-refractivity contribution in [2.75, 3.05) is 49.1 Å². The number of aromatic amines is 1. The average Bonchev–Trinajstić information content (AvgIpc) is 3.76. The van der Waals surface area contributed by atoms with Crippen LogP contribution in [0.3, 0.4) is 0 Å². The third-order valence-electron chi connectivity index (χ3n) is 8.49. The fourth-order valence-electron chi connectivity index (χ4n) is 5.88. The number of nitrogens with one attached hydrogen (secondary N) is 2. The summed E-state index contributed by atoms with van der Waals surface area (Å²) in [5.41, 5.74) is -0.499. The normalized spacial score (nSPS) is 24.2. The lowest BCUT2D eigenvalue weighted by atomic mass is 10.1. The molecule has 3 aromatic rings. The van der Waals surface area contributed by atoms with Crippen LogP contribution in [0.4, 0.5) is 20.6 Å². The number of hydrogen-bond donors (Lipinski definition) is 4. The summed E-state index contributed by atoms with van der Waals surface area (Å²) in [6.45, 7) is 4.25. The number of ether oxygens (including phenoxy) is 2. The van der Waals surface area contributed by atoms with Crippen LogP contribution in [0.15, 0.2) is 40.2 Å². The van der Waals surface area contributed by atoms with Crippen molar-refractivity contribution in [3.63, 3.8) is 0 Å². The fraction of sp³-hybridized carbons (Fsp3) is 0.483. The Kier molecular flexibility index (Phi) is 8.99. The molecule has 6 rings (SSSR count). The molecule has 0 spiro atoms. The first kappa shape index (κ1) is 32.8. The van der Waals surface area contributed by atoms with Crippen molar-refractivity contribution in [1.29, 1.82) is 0 Å². The predicted molar refractivity (Wildman–Crippen MR) is 163 cm³/mol. The number of carbonyl (C=O) groups excluding carboxylic acids is 3.